The van der Waals surface area contributed by atoms with Crippen molar-refractivity contribution in [2.75, 3.05) is 39.5 Å². The molecular formula is C20H33IN4O3. The quantitative estimate of drug-likeness (QED) is 0.221. The largest absolute Gasteiger partial charge is 0.396 e. The summed E-state index contributed by atoms with van der Waals surface area (Å²) in [5.74, 6) is 0.695. The standard InChI is InChI=1S/C20H32N4O3.HI/c1-2-21-19(24-15-20(9-12-25)10-13-27-16-20)22-11-8-18(26)23-14-17-6-4-3-5-7-17;/h3-7,25H,2,8-16H2,1H3,(H,23,26)(H2,21,22,24);1H. The van der Waals surface area contributed by atoms with Crippen molar-refractivity contribution in [2.45, 2.75) is 32.7 Å². The summed E-state index contributed by atoms with van der Waals surface area (Å²) in [4.78, 5) is 16.7. The molecule has 0 aliphatic carbocycles. The summed E-state index contributed by atoms with van der Waals surface area (Å²) in [6, 6.07) is 9.86. The summed E-state index contributed by atoms with van der Waals surface area (Å²) >= 11 is 0. The highest BCUT2D eigenvalue weighted by atomic mass is 127. The van der Waals surface area contributed by atoms with Gasteiger partial charge < -0.3 is 25.8 Å². The number of aliphatic imine (C=N–C) groups is 1. The Morgan fingerprint density at radius 3 is 2.68 bits per heavy atom. The average molecular weight is 504 g/mol. The van der Waals surface area contributed by atoms with E-state index < -0.39 is 0 Å². The third-order valence-electron chi connectivity index (χ3n) is 4.72. The zero-order valence-electron chi connectivity index (χ0n) is 16.6. The number of aliphatic hydroxyl groups is 1. The lowest BCUT2D eigenvalue weighted by atomic mass is 9.84. The second-order valence-corrected chi connectivity index (χ2v) is 6.91. The molecular weight excluding hydrogens is 471 g/mol. The predicted octanol–water partition coefficient (Wildman–Crippen LogP) is 1.66. The van der Waals surface area contributed by atoms with Crippen LogP contribution in [0.1, 0.15) is 31.7 Å². The van der Waals surface area contributed by atoms with Crippen molar-refractivity contribution >= 4 is 35.8 Å². The zero-order valence-corrected chi connectivity index (χ0v) is 18.9. The number of rotatable bonds is 10. The molecule has 1 aromatic rings. The topological polar surface area (TPSA) is 95.0 Å². The molecule has 0 radical (unpaired) electrons. The Labute approximate surface area is 184 Å². The maximum absolute atomic E-state index is 12.0. The van der Waals surface area contributed by atoms with Gasteiger partial charge in [0, 0.05) is 44.7 Å². The smallest absolute Gasteiger partial charge is 0.222 e. The van der Waals surface area contributed by atoms with Gasteiger partial charge in [0.2, 0.25) is 5.91 Å². The zero-order chi connectivity index (χ0) is 19.4. The van der Waals surface area contributed by atoms with Crippen molar-refractivity contribution in [1.82, 2.24) is 16.0 Å². The molecule has 1 aromatic carbocycles. The lowest BCUT2D eigenvalue weighted by molar-refractivity contribution is -0.121. The van der Waals surface area contributed by atoms with Crippen LogP contribution in [0.25, 0.3) is 0 Å². The summed E-state index contributed by atoms with van der Waals surface area (Å²) in [5, 5.41) is 18.6. The molecule has 2 rings (SSSR count). The summed E-state index contributed by atoms with van der Waals surface area (Å²) in [6.45, 7) is 5.90. The Morgan fingerprint density at radius 1 is 1.25 bits per heavy atom. The minimum Gasteiger partial charge on any atom is -0.396 e. The molecule has 0 aromatic heterocycles. The molecule has 1 fully saturated rings. The number of benzene rings is 1. The number of hydrogen-bond donors (Lipinski definition) is 4. The first-order valence-corrected chi connectivity index (χ1v) is 9.69. The van der Waals surface area contributed by atoms with Crippen LogP contribution >= 0.6 is 24.0 Å². The molecule has 8 heteroatoms. The molecule has 1 amide bonds. The summed E-state index contributed by atoms with van der Waals surface area (Å²) in [6.07, 6.45) is 1.98. The van der Waals surface area contributed by atoms with Crippen LogP contribution in [0.15, 0.2) is 35.3 Å². The van der Waals surface area contributed by atoms with E-state index >= 15 is 0 Å². The molecule has 4 N–H and O–H groups in total. The van der Waals surface area contributed by atoms with Gasteiger partial charge in [-0.25, -0.2) is 0 Å². The SMILES string of the molecule is CCNC(=NCC1(CCO)CCOC1)NCCC(=O)NCc1ccccc1.I. The molecule has 0 bridgehead atoms. The molecule has 1 heterocycles. The monoisotopic (exact) mass is 504 g/mol. The first kappa shape index (κ1) is 24.6. The molecule has 28 heavy (non-hydrogen) atoms. The lowest BCUT2D eigenvalue weighted by Gasteiger charge is -2.24. The van der Waals surface area contributed by atoms with Crippen molar-refractivity contribution in [3.8, 4) is 0 Å². The van der Waals surface area contributed by atoms with E-state index in [4.69, 9.17) is 4.74 Å². The van der Waals surface area contributed by atoms with Crippen LogP contribution in [-0.2, 0) is 16.1 Å². The van der Waals surface area contributed by atoms with Crippen molar-refractivity contribution in [2.24, 2.45) is 10.4 Å². The maximum atomic E-state index is 12.0. The third-order valence-corrected chi connectivity index (χ3v) is 4.72. The number of ether oxygens (including phenoxy) is 1. The fraction of sp³-hybridized carbons (Fsp3) is 0.600. The highest BCUT2D eigenvalue weighted by Crippen LogP contribution is 2.32. The van der Waals surface area contributed by atoms with Crippen LogP contribution in [0.5, 0.6) is 0 Å². The van der Waals surface area contributed by atoms with Gasteiger partial charge in [0.15, 0.2) is 5.96 Å². The number of nitrogens with zero attached hydrogens (tertiary/aromatic N) is 1. The molecule has 0 saturated carbocycles. The van der Waals surface area contributed by atoms with E-state index in [1.807, 2.05) is 37.3 Å². The average Bonchev–Trinajstić information content (AvgIpc) is 3.14. The number of nitrogens with one attached hydrogen (secondary N) is 3. The van der Waals surface area contributed by atoms with Crippen LogP contribution in [-0.4, -0.2) is 56.4 Å². The van der Waals surface area contributed by atoms with E-state index in [9.17, 15) is 9.90 Å². The van der Waals surface area contributed by atoms with Crippen molar-refractivity contribution in [3.05, 3.63) is 35.9 Å². The second-order valence-electron chi connectivity index (χ2n) is 6.91. The highest BCUT2D eigenvalue weighted by molar-refractivity contribution is 14.0. The Kier molecular flexibility index (Phi) is 12.1. The molecule has 1 aliphatic heterocycles. The summed E-state index contributed by atoms with van der Waals surface area (Å²) in [5.41, 5.74) is 1.01. The minimum atomic E-state index is -0.0792. The van der Waals surface area contributed by atoms with Gasteiger partial charge in [-0.3, -0.25) is 9.79 Å². The Hall–Kier alpha value is -1.39. The van der Waals surface area contributed by atoms with E-state index in [0.717, 1.165) is 25.1 Å². The van der Waals surface area contributed by atoms with Crippen LogP contribution in [0.2, 0.25) is 0 Å². The van der Waals surface area contributed by atoms with Crippen LogP contribution in [0, 0.1) is 5.41 Å². The molecule has 1 saturated heterocycles. The van der Waals surface area contributed by atoms with Gasteiger partial charge in [-0.2, -0.15) is 0 Å². The second kappa shape index (κ2) is 13.7. The molecule has 0 spiro atoms. The predicted molar refractivity (Wildman–Crippen MR) is 122 cm³/mol. The molecule has 1 unspecified atom stereocenters. The fourth-order valence-corrected chi connectivity index (χ4v) is 3.06. The number of carbonyl (C=O) groups excluding carboxylic acids is 1. The van der Waals surface area contributed by atoms with Crippen molar-refractivity contribution in [3.63, 3.8) is 0 Å². The first-order valence-electron chi connectivity index (χ1n) is 9.69. The van der Waals surface area contributed by atoms with Gasteiger partial charge >= 0.3 is 0 Å². The Morgan fingerprint density at radius 2 is 2.04 bits per heavy atom. The van der Waals surface area contributed by atoms with Gasteiger partial charge in [-0.15, -0.1) is 24.0 Å². The van der Waals surface area contributed by atoms with E-state index in [1.165, 1.54) is 0 Å². The van der Waals surface area contributed by atoms with Crippen LogP contribution in [0.4, 0.5) is 0 Å². The molecule has 7 nitrogen and oxygen atoms in total. The Balaban J connectivity index is 0.00000392. The van der Waals surface area contributed by atoms with Crippen LogP contribution in [0.3, 0.4) is 0 Å². The normalized spacial score (nSPS) is 19.0. The molecule has 158 valence electrons. The molecule has 1 aliphatic rings. The maximum Gasteiger partial charge on any atom is 0.222 e. The van der Waals surface area contributed by atoms with Crippen molar-refractivity contribution in [1.29, 1.82) is 0 Å². The van der Waals surface area contributed by atoms with Gasteiger partial charge in [-0.1, -0.05) is 30.3 Å². The number of aliphatic hydroxyl groups excluding tert-OH is 1. The lowest BCUT2D eigenvalue weighted by Crippen LogP contribution is -2.40. The van der Waals surface area contributed by atoms with E-state index in [2.05, 4.69) is 20.9 Å². The fourth-order valence-electron chi connectivity index (χ4n) is 3.06. The van der Waals surface area contributed by atoms with E-state index in [0.29, 0.717) is 45.0 Å². The van der Waals surface area contributed by atoms with Gasteiger partial charge in [0.25, 0.3) is 0 Å². The van der Waals surface area contributed by atoms with Gasteiger partial charge in [0.05, 0.1) is 13.2 Å². The van der Waals surface area contributed by atoms with Gasteiger partial charge in [0.1, 0.15) is 0 Å². The molecule has 1 atom stereocenters. The van der Waals surface area contributed by atoms with E-state index in [-0.39, 0.29) is 41.9 Å². The number of hydrogen-bond acceptors (Lipinski definition) is 4. The van der Waals surface area contributed by atoms with Gasteiger partial charge in [-0.05, 0) is 25.3 Å². The van der Waals surface area contributed by atoms with E-state index in [1.54, 1.807) is 0 Å². The number of halogens is 1. The Bertz CT molecular complexity index is 592. The first-order chi connectivity index (χ1) is 13.2. The number of amides is 1. The summed E-state index contributed by atoms with van der Waals surface area (Å²) < 4.78 is 5.51. The number of carbonyl (C=O) groups is 1. The van der Waals surface area contributed by atoms with Crippen LogP contribution < -0.4 is 16.0 Å². The minimum absolute atomic E-state index is 0. The third kappa shape index (κ3) is 8.74. The summed E-state index contributed by atoms with van der Waals surface area (Å²) in [7, 11) is 0. The number of guanidine groups is 1. The highest BCUT2D eigenvalue weighted by Gasteiger charge is 2.34. The van der Waals surface area contributed by atoms with Crippen molar-refractivity contribution < 1.29 is 14.6 Å².